The van der Waals surface area contributed by atoms with Crippen LogP contribution in [0, 0.1) is 5.92 Å². The van der Waals surface area contributed by atoms with E-state index < -0.39 is 0 Å². The van der Waals surface area contributed by atoms with Crippen LogP contribution in [0.4, 0.5) is 0 Å². The molecule has 0 aliphatic carbocycles. The summed E-state index contributed by atoms with van der Waals surface area (Å²) in [5, 5.41) is 6.21. The molecule has 1 aromatic rings. The monoisotopic (exact) mass is 360 g/mol. The molecule has 2 N–H and O–H groups in total. The summed E-state index contributed by atoms with van der Waals surface area (Å²) in [5.74, 6) is 1.12. The van der Waals surface area contributed by atoms with E-state index in [9.17, 15) is 9.59 Å². The molecule has 0 aromatic heterocycles. The van der Waals surface area contributed by atoms with Crippen molar-refractivity contribution >= 4 is 11.8 Å². The minimum absolute atomic E-state index is 0.0739. The van der Waals surface area contributed by atoms with E-state index in [0.29, 0.717) is 18.0 Å². The van der Waals surface area contributed by atoms with E-state index >= 15 is 0 Å². The predicted octanol–water partition coefficient (Wildman–Crippen LogP) is 0.179. The van der Waals surface area contributed by atoms with Gasteiger partial charge in [0.1, 0.15) is 5.75 Å². The first-order chi connectivity index (χ1) is 12.7. The van der Waals surface area contributed by atoms with Gasteiger partial charge in [-0.05, 0) is 37.2 Å². The summed E-state index contributed by atoms with van der Waals surface area (Å²) in [6.07, 6.45) is 0.955. The number of ether oxygens (including phenoxy) is 1. The number of nitrogens with zero attached hydrogens (tertiary/aromatic N) is 2. The first-order valence-corrected chi connectivity index (χ1v) is 9.31. The Morgan fingerprint density at radius 1 is 1.19 bits per heavy atom. The smallest absolute Gasteiger partial charge is 0.251 e. The molecule has 26 heavy (non-hydrogen) atoms. The number of rotatable bonds is 6. The van der Waals surface area contributed by atoms with Gasteiger partial charge in [-0.25, -0.2) is 0 Å². The summed E-state index contributed by atoms with van der Waals surface area (Å²) in [5.41, 5.74) is 0.631. The van der Waals surface area contributed by atoms with E-state index in [-0.39, 0.29) is 11.8 Å². The standard InChI is InChI=1S/C19H28N4O3/c1-26-17-4-2-15(3-5-17)18(24)21-8-9-22-10-12-23(13-11-22)19(25)16-6-7-20-14-16/h2-5,16,20H,6-14H2,1H3,(H,21,24). The van der Waals surface area contributed by atoms with Crippen LogP contribution in [0.2, 0.25) is 0 Å². The Bertz CT molecular complexity index is 606. The minimum Gasteiger partial charge on any atom is -0.497 e. The molecule has 0 bridgehead atoms. The molecule has 0 spiro atoms. The third-order valence-electron chi connectivity index (χ3n) is 5.16. The average Bonchev–Trinajstić information content (AvgIpc) is 3.23. The Hall–Kier alpha value is -2.12. The average molecular weight is 360 g/mol. The fraction of sp³-hybridized carbons (Fsp3) is 0.579. The maximum Gasteiger partial charge on any atom is 0.251 e. The second kappa shape index (κ2) is 9.00. The van der Waals surface area contributed by atoms with Crippen molar-refractivity contribution in [1.82, 2.24) is 20.4 Å². The minimum atomic E-state index is -0.0739. The molecule has 1 atom stereocenters. The van der Waals surface area contributed by atoms with Gasteiger partial charge in [0.05, 0.1) is 13.0 Å². The van der Waals surface area contributed by atoms with Gasteiger partial charge in [-0.1, -0.05) is 0 Å². The van der Waals surface area contributed by atoms with Crippen LogP contribution in [0.15, 0.2) is 24.3 Å². The molecule has 3 rings (SSSR count). The number of methoxy groups -OCH3 is 1. The molecule has 2 aliphatic heterocycles. The van der Waals surface area contributed by atoms with Gasteiger partial charge < -0.3 is 20.3 Å². The van der Waals surface area contributed by atoms with Crippen LogP contribution in [-0.4, -0.2) is 81.1 Å². The lowest BCUT2D eigenvalue weighted by Gasteiger charge is -2.35. The van der Waals surface area contributed by atoms with Gasteiger partial charge in [-0.2, -0.15) is 0 Å². The summed E-state index contributed by atoms with van der Waals surface area (Å²) in [7, 11) is 1.60. The van der Waals surface area contributed by atoms with Crippen molar-refractivity contribution in [2.24, 2.45) is 5.92 Å². The number of amides is 2. The number of hydrogen-bond acceptors (Lipinski definition) is 5. The third kappa shape index (κ3) is 4.74. The lowest BCUT2D eigenvalue weighted by atomic mass is 10.1. The van der Waals surface area contributed by atoms with Gasteiger partial charge in [-0.15, -0.1) is 0 Å². The molecule has 2 amide bonds. The van der Waals surface area contributed by atoms with Crippen molar-refractivity contribution in [3.63, 3.8) is 0 Å². The van der Waals surface area contributed by atoms with E-state index in [4.69, 9.17) is 4.74 Å². The number of benzene rings is 1. The SMILES string of the molecule is COc1ccc(C(=O)NCCN2CCN(C(=O)C3CCNC3)CC2)cc1. The molecule has 0 saturated carbocycles. The largest absolute Gasteiger partial charge is 0.497 e. The van der Waals surface area contributed by atoms with Gasteiger partial charge in [0, 0.05) is 51.4 Å². The molecule has 7 heteroatoms. The second-order valence-electron chi connectivity index (χ2n) is 6.84. The summed E-state index contributed by atoms with van der Waals surface area (Å²) in [4.78, 5) is 28.8. The molecule has 7 nitrogen and oxygen atoms in total. The van der Waals surface area contributed by atoms with E-state index in [1.54, 1.807) is 31.4 Å². The first kappa shape index (κ1) is 18.7. The van der Waals surface area contributed by atoms with Crippen LogP contribution in [0.1, 0.15) is 16.8 Å². The quantitative estimate of drug-likeness (QED) is 0.757. The van der Waals surface area contributed by atoms with E-state index in [1.807, 2.05) is 4.90 Å². The lowest BCUT2D eigenvalue weighted by Crippen LogP contribution is -2.51. The zero-order chi connectivity index (χ0) is 18.4. The van der Waals surface area contributed by atoms with E-state index in [1.165, 1.54) is 0 Å². The van der Waals surface area contributed by atoms with Gasteiger partial charge in [0.25, 0.3) is 5.91 Å². The fourth-order valence-corrected chi connectivity index (χ4v) is 3.49. The number of carbonyl (C=O) groups excluding carboxylic acids is 2. The molecule has 142 valence electrons. The summed E-state index contributed by atoms with van der Waals surface area (Å²) >= 11 is 0. The van der Waals surface area contributed by atoms with Crippen LogP contribution in [0.5, 0.6) is 5.75 Å². The molecule has 2 fully saturated rings. The molecule has 2 aliphatic rings. The highest BCUT2D eigenvalue weighted by Crippen LogP contribution is 2.14. The second-order valence-corrected chi connectivity index (χ2v) is 6.84. The normalized spacial score (nSPS) is 20.8. The van der Waals surface area contributed by atoms with E-state index in [0.717, 1.165) is 58.0 Å². The topological polar surface area (TPSA) is 73.9 Å². The molecule has 2 saturated heterocycles. The summed E-state index contributed by atoms with van der Waals surface area (Å²) in [6, 6.07) is 7.09. The number of nitrogens with one attached hydrogen (secondary N) is 2. The van der Waals surface area contributed by atoms with Crippen molar-refractivity contribution in [2.45, 2.75) is 6.42 Å². The molecule has 0 radical (unpaired) electrons. The molecular weight excluding hydrogens is 332 g/mol. The van der Waals surface area contributed by atoms with Crippen molar-refractivity contribution in [1.29, 1.82) is 0 Å². The highest BCUT2D eigenvalue weighted by Gasteiger charge is 2.29. The van der Waals surface area contributed by atoms with Gasteiger partial charge >= 0.3 is 0 Å². The molecule has 1 aromatic carbocycles. The van der Waals surface area contributed by atoms with E-state index in [2.05, 4.69) is 15.5 Å². The highest BCUT2D eigenvalue weighted by molar-refractivity contribution is 5.94. The predicted molar refractivity (Wildman–Crippen MR) is 99.3 cm³/mol. The Morgan fingerprint density at radius 3 is 2.54 bits per heavy atom. The van der Waals surface area contributed by atoms with Crippen molar-refractivity contribution in [3.8, 4) is 5.75 Å². The summed E-state index contributed by atoms with van der Waals surface area (Å²) in [6.45, 7) is 6.46. The van der Waals surface area contributed by atoms with Crippen LogP contribution in [0.3, 0.4) is 0 Å². The van der Waals surface area contributed by atoms with Crippen molar-refractivity contribution in [2.75, 3.05) is 59.5 Å². The Labute approximate surface area is 154 Å². The fourth-order valence-electron chi connectivity index (χ4n) is 3.49. The Kier molecular flexibility index (Phi) is 6.46. The first-order valence-electron chi connectivity index (χ1n) is 9.31. The van der Waals surface area contributed by atoms with Crippen LogP contribution in [-0.2, 0) is 4.79 Å². The zero-order valence-electron chi connectivity index (χ0n) is 15.4. The Balaban J connectivity index is 1.35. The zero-order valence-corrected chi connectivity index (χ0v) is 15.4. The van der Waals surface area contributed by atoms with Crippen LogP contribution >= 0.6 is 0 Å². The molecule has 1 unspecified atom stereocenters. The van der Waals surface area contributed by atoms with Crippen molar-refractivity contribution in [3.05, 3.63) is 29.8 Å². The van der Waals surface area contributed by atoms with Gasteiger partial charge in [0.15, 0.2) is 0 Å². The molecule has 2 heterocycles. The van der Waals surface area contributed by atoms with Crippen LogP contribution in [0.25, 0.3) is 0 Å². The Morgan fingerprint density at radius 2 is 1.92 bits per heavy atom. The van der Waals surface area contributed by atoms with Gasteiger partial charge in [0.2, 0.25) is 5.91 Å². The summed E-state index contributed by atoms with van der Waals surface area (Å²) < 4.78 is 5.10. The van der Waals surface area contributed by atoms with Crippen LogP contribution < -0.4 is 15.4 Å². The van der Waals surface area contributed by atoms with Crippen molar-refractivity contribution < 1.29 is 14.3 Å². The third-order valence-corrected chi connectivity index (χ3v) is 5.16. The number of piperazine rings is 1. The highest BCUT2D eigenvalue weighted by atomic mass is 16.5. The van der Waals surface area contributed by atoms with Gasteiger partial charge in [-0.3, -0.25) is 14.5 Å². The lowest BCUT2D eigenvalue weighted by molar-refractivity contribution is -0.136. The maximum absolute atomic E-state index is 12.4. The molecular formula is C19H28N4O3. The maximum atomic E-state index is 12.4. The number of carbonyl (C=O) groups is 2. The number of hydrogen-bond donors (Lipinski definition) is 2.